The third kappa shape index (κ3) is 2.11. The molecule has 0 fully saturated rings. The van der Waals surface area contributed by atoms with Crippen molar-refractivity contribution in [3.05, 3.63) is 18.2 Å². The fourth-order valence-corrected chi connectivity index (χ4v) is 1.25. The van der Waals surface area contributed by atoms with Gasteiger partial charge in [-0.1, -0.05) is 0 Å². The summed E-state index contributed by atoms with van der Waals surface area (Å²) in [6.07, 6.45) is 3.10. The molecule has 0 radical (unpaired) electrons. The number of hydrogen-bond donors (Lipinski definition) is 2. The van der Waals surface area contributed by atoms with Gasteiger partial charge in [-0.05, 0) is 13.8 Å². The maximum atomic E-state index is 11.5. The molecule has 14 heavy (non-hydrogen) atoms. The number of likely N-dealkylation sites (N-methyl/N-ethyl adjacent to an activating group) is 1. The van der Waals surface area contributed by atoms with Gasteiger partial charge in [-0.15, -0.1) is 0 Å². The number of imidazole rings is 1. The van der Waals surface area contributed by atoms with Crippen LogP contribution in [-0.4, -0.2) is 27.1 Å². The average Bonchev–Trinajstić information content (AvgIpc) is 2.64. The van der Waals surface area contributed by atoms with E-state index in [1.165, 1.54) is 0 Å². The van der Waals surface area contributed by atoms with Crippen LogP contribution in [0.3, 0.4) is 0 Å². The Labute approximate surface area is 82.8 Å². The van der Waals surface area contributed by atoms with Gasteiger partial charge in [0.2, 0.25) is 5.91 Å². The zero-order valence-corrected chi connectivity index (χ0v) is 8.40. The number of nitrogens with zero attached hydrogens (tertiary/aromatic N) is 2. The topological polar surface area (TPSA) is 67.2 Å². The molecule has 1 amide bonds. The molecule has 0 saturated carbocycles. The predicted molar refractivity (Wildman–Crippen MR) is 51.5 cm³/mol. The Morgan fingerprint density at radius 2 is 2.50 bits per heavy atom. The normalized spacial score (nSPS) is 12.5. The molecule has 1 aromatic rings. The summed E-state index contributed by atoms with van der Waals surface area (Å²) in [6.45, 7) is 4.13. The molecule has 78 valence electrons. The van der Waals surface area contributed by atoms with Crippen LogP contribution in [0.25, 0.3) is 0 Å². The number of rotatable bonds is 4. The van der Waals surface area contributed by atoms with E-state index in [-0.39, 0.29) is 18.6 Å². The number of aliphatic hydroxyl groups excluding tert-OH is 1. The first-order valence-electron chi connectivity index (χ1n) is 4.60. The molecular weight excluding hydrogens is 182 g/mol. The van der Waals surface area contributed by atoms with E-state index in [1.807, 2.05) is 6.92 Å². The second kappa shape index (κ2) is 4.76. The molecule has 0 saturated heterocycles. The number of hydrogen-bond acceptors (Lipinski definition) is 3. The second-order valence-electron chi connectivity index (χ2n) is 3.02. The fourth-order valence-electron chi connectivity index (χ4n) is 1.25. The van der Waals surface area contributed by atoms with Crippen molar-refractivity contribution in [2.24, 2.45) is 0 Å². The molecule has 5 nitrogen and oxygen atoms in total. The van der Waals surface area contributed by atoms with Crippen LogP contribution in [0.5, 0.6) is 0 Å². The summed E-state index contributed by atoms with van der Waals surface area (Å²) in [4.78, 5) is 15.3. The zero-order chi connectivity index (χ0) is 10.6. The third-order valence-electron chi connectivity index (χ3n) is 2.06. The van der Waals surface area contributed by atoms with Crippen LogP contribution in [0.2, 0.25) is 0 Å². The first-order valence-corrected chi connectivity index (χ1v) is 4.60. The van der Waals surface area contributed by atoms with Crippen molar-refractivity contribution in [1.82, 2.24) is 14.9 Å². The third-order valence-corrected chi connectivity index (χ3v) is 2.06. The Kier molecular flexibility index (Phi) is 3.64. The van der Waals surface area contributed by atoms with Crippen LogP contribution < -0.4 is 5.32 Å². The Morgan fingerprint density at radius 3 is 3.07 bits per heavy atom. The first-order chi connectivity index (χ1) is 6.70. The Bertz CT molecular complexity index is 309. The fraction of sp³-hybridized carbons (Fsp3) is 0.556. The molecule has 2 N–H and O–H groups in total. The highest BCUT2D eigenvalue weighted by molar-refractivity contribution is 5.79. The zero-order valence-electron chi connectivity index (χ0n) is 8.40. The molecule has 0 aliphatic heterocycles. The van der Waals surface area contributed by atoms with Crippen LogP contribution in [0.15, 0.2) is 12.5 Å². The lowest BCUT2D eigenvalue weighted by atomic mass is 10.3. The highest BCUT2D eigenvalue weighted by Crippen LogP contribution is 2.09. The average molecular weight is 197 g/mol. The lowest BCUT2D eigenvalue weighted by Gasteiger charge is -2.14. The van der Waals surface area contributed by atoms with E-state index in [0.29, 0.717) is 12.2 Å². The smallest absolute Gasteiger partial charge is 0.242 e. The summed E-state index contributed by atoms with van der Waals surface area (Å²) in [5, 5.41) is 11.7. The van der Waals surface area contributed by atoms with Crippen LogP contribution in [0, 0.1) is 0 Å². The van der Waals surface area contributed by atoms with E-state index < -0.39 is 0 Å². The van der Waals surface area contributed by atoms with Crippen molar-refractivity contribution >= 4 is 5.91 Å². The summed E-state index contributed by atoms with van der Waals surface area (Å²) < 4.78 is 1.66. The maximum Gasteiger partial charge on any atom is 0.242 e. The summed E-state index contributed by atoms with van der Waals surface area (Å²) in [7, 11) is 0. The quantitative estimate of drug-likeness (QED) is 0.718. The molecule has 0 aliphatic carbocycles. The van der Waals surface area contributed by atoms with Crippen LogP contribution >= 0.6 is 0 Å². The number of aliphatic hydroxyl groups is 1. The number of aromatic nitrogens is 2. The largest absolute Gasteiger partial charge is 0.390 e. The highest BCUT2D eigenvalue weighted by Gasteiger charge is 2.15. The number of amides is 1. The van der Waals surface area contributed by atoms with Crippen molar-refractivity contribution in [3.63, 3.8) is 0 Å². The van der Waals surface area contributed by atoms with E-state index >= 15 is 0 Å². The van der Waals surface area contributed by atoms with E-state index in [9.17, 15) is 4.79 Å². The van der Waals surface area contributed by atoms with E-state index in [0.717, 1.165) is 0 Å². The van der Waals surface area contributed by atoms with Crippen molar-refractivity contribution in [3.8, 4) is 0 Å². The number of carbonyl (C=O) groups excluding carboxylic acids is 1. The van der Waals surface area contributed by atoms with Gasteiger partial charge in [0, 0.05) is 6.54 Å². The molecule has 5 heteroatoms. The molecule has 1 atom stereocenters. The molecule has 0 aromatic carbocycles. The number of carbonyl (C=O) groups is 1. The van der Waals surface area contributed by atoms with Gasteiger partial charge in [0.15, 0.2) is 0 Å². The molecule has 1 unspecified atom stereocenters. The summed E-state index contributed by atoms with van der Waals surface area (Å²) >= 11 is 0. The Morgan fingerprint density at radius 1 is 1.79 bits per heavy atom. The summed E-state index contributed by atoms with van der Waals surface area (Å²) in [6, 6.07) is -0.334. The minimum atomic E-state index is -0.334. The standard InChI is InChI=1S/C9H15N3O2/c1-3-11-9(14)7(2)12-6-10-4-8(12)5-13/h4,6-7,13H,3,5H2,1-2H3,(H,11,14). The molecular formula is C9H15N3O2. The second-order valence-corrected chi connectivity index (χ2v) is 3.02. The van der Waals surface area contributed by atoms with Gasteiger partial charge in [0.05, 0.1) is 24.8 Å². The van der Waals surface area contributed by atoms with Crippen molar-refractivity contribution in [1.29, 1.82) is 0 Å². The summed E-state index contributed by atoms with van der Waals surface area (Å²) in [5.41, 5.74) is 0.642. The molecule has 0 spiro atoms. The SMILES string of the molecule is CCNC(=O)C(C)n1cncc1CO. The van der Waals surface area contributed by atoms with Crippen molar-refractivity contribution in [2.45, 2.75) is 26.5 Å². The highest BCUT2D eigenvalue weighted by atomic mass is 16.3. The van der Waals surface area contributed by atoms with E-state index in [2.05, 4.69) is 10.3 Å². The molecule has 1 heterocycles. The summed E-state index contributed by atoms with van der Waals surface area (Å²) in [5.74, 6) is -0.0693. The number of nitrogens with one attached hydrogen (secondary N) is 1. The Hall–Kier alpha value is -1.36. The van der Waals surface area contributed by atoms with Gasteiger partial charge < -0.3 is 15.0 Å². The molecule has 1 rings (SSSR count). The Balaban J connectivity index is 2.77. The molecule has 0 bridgehead atoms. The minimum absolute atomic E-state index is 0.0693. The van der Waals surface area contributed by atoms with Crippen LogP contribution in [-0.2, 0) is 11.4 Å². The van der Waals surface area contributed by atoms with Gasteiger partial charge in [0.1, 0.15) is 6.04 Å². The minimum Gasteiger partial charge on any atom is -0.390 e. The van der Waals surface area contributed by atoms with Crippen LogP contribution in [0.1, 0.15) is 25.6 Å². The van der Waals surface area contributed by atoms with Crippen molar-refractivity contribution in [2.75, 3.05) is 6.54 Å². The van der Waals surface area contributed by atoms with Crippen molar-refractivity contribution < 1.29 is 9.90 Å². The van der Waals surface area contributed by atoms with E-state index in [1.54, 1.807) is 24.0 Å². The monoisotopic (exact) mass is 197 g/mol. The van der Waals surface area contributed by atoms with Gasteiger partial charge in [0.25, 0.3) is 0 Å². The van der Waals surface area contributed by atoms with E-state index in [4.69, 9.17) is 5.11 Å². The molecule has 1 aromatic heterocycles. The lowest BCUT2D eigenvalue weighted by Crippen LogP contribution is -2.31. The first kappa shape index (κ1) is 10.7. The van der Waals surface area contributed by atoms with Gasteiger partial charge in [-0.2, -0.15) is 0 Å². The lowest BCUT2D eigenvalue weighted by molar-refractivity contribution is -0.123. The van der Waals surface area contributed by atoms with Gasteiger partial charge in [-0.25, -0.2) is 4.98 Å². The maximum absolute atomic E-state index is 11.5. The van der Waals surface area contributed by atoms with Crippen LogP contribution in [0.4, 0.5) is 0 Å². The predicted octanol–water partition coefficient (Wildman–Crippen LogP) is 0.0725. The van der Waals surface area contributed by atoms with Gasteiger partial charge in [-0.3, -0.25) is 4.79 Å². The molecule has 0 aliphatic rings. The van der Waals surface area contributed by atoms with Gasteiger partial charge >= 0.3 is 0 Å².